The fourth-order valence-corrected chi connectivity index (χ4v) is 4.66. The predicted octanol–water partition coefficient (Wildman–Crippen LogP) is 3.50. The molecule has 2 heteroatoms. The van der Waals surface area contributed by atoms with Gasteiger partial charge in [0.05, 0.1) is 0 Å². The Kier molecular flexibility index (Phi) is 4.26. The summed E-state index contributed by atoms with van der Waals surface area (Å²) in [6.45, 7) is 5.90. The van der Waals surface area contributed by atoms with Crippen LogP contribution in [0.5, 0.6) is 0 Å². The average Bonchev–Trinajstić information content (AvgIpc) is 2.43. The number of Topliss-reactive ketones (excluding diaryl/α,β-unsaturated/α-hetero) is 1. The third-order valence-electron chi connectivity index (χ3n) is 5.88. The highest BCUT2D eigenvalue weighted by molar-refractivity contribution is 5.81. The van der Waals surface area contributed by atoms with Crippen LogP contribution in [0.15, 0.2) is 0 Å². The molecule has 1 heterocycles. The van der Waals surface area contributed by atoms with E-state index in [0.29, 0.717) is 11.7 Å². The number of carbonyl (C=O) groups is 1. The molecule has 3 fully saturated rings. The highest BCUT2D eigenvalue weighted by Crippen LogP contribution is 2.37. The van der Waals surface area contributed by atoms with E-state index in [0.717, 1.165) is 43.6 Å². The first-order valence-corrected chi connectivity index (χ1v) is 8.47. The predicted molar refractivity (Wildman–Crippen MR) is 78.0 cm³/mol. The first-order chi connectivity index (χ1) is 9.22. The lowest BCUT2D eigenvalue weighted by molar-refractivity contribution is -0.126. The van der Waals surface area contributed by atoms with Crippen LogP contribution >= 0.6 is 0 Å². The zero-order chi connectivity index (χ0) is 13.2. The Morgan fingerprint density at radius 1 is 1.11 bits per heavy atom. The molecule has 4 atom stereocenters. The molecule has 0 spiro atoms. The van der Waals surface area contributed by atoms with E-state index < -0.39 is 0 Å². The van der Waals surface area contributed by atoms with Crippen LogP contribution in [0.3, 0.4) is 0 Å². The Bertz CT molecular complexity index is 327. The fraction of sp³-hybridized carbons (Fsp3) is 0.941. The van der Waals surface area contributed by atoms with Crippen LogP contribution < -0.4 is 0 Å². The van der Waals surface area contributed by atoms with Gasteiger partial charge in [-0.05, 0) is 50.0 Å². The molecular formula is C17H29NO. The zero-order valence-electron chi connectivity index (χ0n) is 12.4. The van der Waals surface area contributed by atoms with Crippen molar-refractivity contribution in [3.8, 4) is 0 Å². The highest BCUT2D eigenvalue weighted by atomic mass is 16.1. The van der Waals surface area contributed by atoms with E-state index in [1.165, 1.54) is 45.2 Å². The molecule has 4 unspecified atom stereocenters. The van der Waals surface area contributed by atoms with Crippen LogP contribution in [0, 0.1) is 23.7 Å². The molecule has 2 saturated carbocycles. The van der Waals surface area contributed by atoms with Gasteiger partial charge in [0.1, 0.15) is 5.78 Å². The standard InChI is InChI=1S/C17H29NO/c1-13-6-7-17(19)16(10-13)12-18-9-8-14-4-2-3-5-15(14)11-18/h13-16H,2-12H2,1H3. The second kappa shape index (κ2) is 5.95. The third kappa shape index (κ3) is 3.21. The molecule has 0 amide bonds. The molecule has 1 aliphatic heterocycles. The van der Waals surface area contributed by atoms with Crippen LogP contribution in [0.1, 0.15) is 58.3 Å². The van der Waals surface area contributed by atoms with Gasteiger partial charge in [-0.15, -0.1) is 0 Å². The summed E-state index contributed by atoms with van der Waals surface area (Å²) >= 11 is 0. The molecule has 0 aromatic heterocycles. The number of nitrogens with zero attached hydrogens (tertiary/aromatic N) is 1. The monoisotopic (exact) mass is 263 g/mol. The van der Waals surface area contributed by atoms with Gasteiger partial charge in [0.2, 0.25) is 0 Å². The summed E-state index contributed by atoms with van der Waals surface area (Å²) in [6.07, 6.45) is 10.3. The van der Waals surface area contributed by atoms with Crippen molar-refractivity contribution in [2.75, 3.05) is 19.6 Å². The van der Waals surface area contributed by atoms with E-state index in [1.54, 1.807) is 0 Å². The molecule has 0 bridgehead atoms. The van der Waals surface area contributed by atoms with Crippen LogP contribution in [0.2, 0.25) is 0 Å². The summed E-state index contributed by atoms with van der Waals surface area (Å²) < 4.78 is 0. The number of hydrogen-bond donors (Lipinski definition) is 0. The molecule has 2 nitrogen and oxygen atoms in total. The summed E-state index contributed by atoms with van der Waals surface area (Å²) in [5.74, 6) is 3.60. The van der Waals surface area contributed by atoms with Crippen LogP contribution in [0.4, 0.5) is 0 Å². The van der Waals surface area contributed by atoms with Crippen molar-refractivity contribution in [3.05, 3.63) is 0 Å². The summed E-state index contributed by atoms with van der Waals surface area (Å²) in [6, 6.07) is 0. The van der Waals surface area contributed by atoms with Crippen molar-refractivity contribution in [1.29, 1.82) is 0 Å². The minimum Gasteiger partial charge on any atom is -0.302 e. The molecule has 108 valence electrons. The Morgan fingerprint density at radius 3 is 2.74 bits per heavy atom. The lowest BCUT2D eigenvalue weighted by Gasteiger charge is -2.42. The fourth-order valence-electron chi connectivity index (χ4n) is 4.66. The van der Waals surface area contributed by atoms with E-state index in [9.17, 15) is 4.79 Å². The smallest absolute Gasteiger partial charge is 0.137 e. The summed E-state index contributed by atoms with van der Waals surface area (Å²) in [4.78, 5) is 14.7. The topological polar surface area (TPSA) is 20.3 Å². The van der Waals surface area contributed by atoms with Gasteiger partial charge in [0.15, 0.2) is 0 Å². The number of carbonyl (C=O) groups excluding carboxylic acids is 1. The second-order valence-corrected chi connectivity index (χ2v) is 7.40. The van der Waals surface area contributed by atoms with Crippen molar-refractivity contribution in [1.82, 2.24) is 4.90 Å². The van der Waals surface area contributed by atoms with E-state index in [4.69, 9.17) is 0 Å². The number of fused-ring (bicyclic) bond motifs is 1. The number of piperidine rings is 1. The molecule has 0 aromatic carbocycles. The average molecular weight is 263 g/mol. The lowest BCUT2D eigenvalue weighted by Crippen LogP contribution is -2.45. The molecular weight excluding hydrogens is 234 g/mol. The van der Waals surface area contributed by atoms with Gasteiger partial charge in [0, 0.05) is 25.4 Å². The summed E-state index contributed by atoms with van der Waals surface area (Å²) in [7, 11) is 0. The highest BCUT2D eigenvalue weighted by Gasteiger charge is 2.34. The molecule has 1 saturated heterocycles. The lowest BCUT2D eigenvalue weighted by atomic mass is 9.74. The number of rotatable bonds is 2. The van der Waals surface area contributed by atoms with Gasteiger partial charge in [-0.25, -0.2) is 0 Å². The molecule has 19 heavy (non-hydrogen) atoms. The van der Waals surface area contributed by atoms with Gasteiger partial charge >= 0.3 is 0 Å². The van der Waals surface area contributed by atoms with E-state index in [1.807, 2.05) is 0 Å². The SMILES string of the molecule is CC1CCC(=O)C(CN2CCC3CCCCC3C2)C1. The zero-order valence-corrected chi connectivity index (χ0v) is 12.4. The maximum atomic E-state index is 12.1. The van der Waals surface area contributed by atoms with Crippen LogP contribution in [-0.4, -0.2) is 30.3 Å². The maximum Gasteiger partial charge on any atom is 0.137 e. The molecule has 0 aromatic rings. The van der Waals surface area contributed by atoms with Gasteiger partial charge in [-0.1, -0.05) is 26.2 Å². The van der Waals surface area contributed by atoms with Crippen molar-refractivity contribution in [3.63, 3.8) is 0 Å². The van der Waals surface area contributed by atoms with Gasteiger partial charge < -0.3 is 4.90 Å². The van der Waals surface area contributed by atoms with Gasteiger partial charge in [-0.3, -0.25) is 4.79 Å². The molecule has 3 aliphatic rings. The van der Waals surface area contributed by atoms with Crippen molar-refractivity contribution in [2.45, 2.75) is 58.3 Å². The van der Waals surface area contributed by atoms with Gasteiger partial charge in [0.25, 0.3) is 0 Å². The molecule has 3 rings (SSSR count). The largest absolute Gasteiger partial charge is 0.302 e. The third-order valence-corrected chi connectivity index (χ3v) is 5.88. The Balaban J connectivity index is 1.53. The maximum absolute atomic E-state index is 12.1. The molecule has 2 aliphatic carbocycles. The molecule has 0 N–H and O–H groups in total. The van der Waals surface area contributed by atoms with E-state index >= 15 is 0 Å². The van der Waals surface area contributed by atoms with E-state index in [2.05, 4.69) is 11.8 Å². The quantitative estimate of drug-likeness (QED) is 0.760. The Hall–Kier alpha value is -0.370. The summed E-state index contributed by atoms with van der Waals surface area (Å²) in [5.41, 5.74) is 0. The van der Waals surface area contributed by atoms with Crippen molar-refractivity contribution < 1.29 is 4.79 Å². The Morgan fingerprint density at radius 2 is 1.89 bits per heavy atom. The van der Waals surface area contributed by atoms with Gasteiger partial charge in [-0.2, -0.15) is 0 Å². The van der Waals surface area contributed by atoms with Crippen molar-refractivity contribution in [2.24, 2.45) is 23.7 Å². The van der Waals surface area contributed by atoms with Crippen LogP contribution in [0.25, 0.3) is 0 Å². The first kappa shape index (κ1) is 13.6. The van der Waals surface area contributed by atoms with E-state index in [-0.39, 0.29) is 0 Å². The number of ketones is 1. The molecule has 0 radical (unpaired) electrons. The first-order valence-electron chi connectivity index (χ1n) is 8.47. The number of likely N-dealkylation sites (tertiary alicyclic amines) is 1. The number of hydrogen-bond acceptors (Lipinski definition) is 2. The second-order valence-electron chi connectivity index (χ2n) is 7.40. The van der Waals surface area contributed by atoms with Crippen molar-refractivity contribution >= 4 is 5.78 Å². The normalized spacial score (nSPS) is 41.0. The minimum atomic E-state index is 0.351. The van der Waals surface area contributed by atoms with Crippen LogP contribution in [-0.2, 0) is 4.79 Å². The minimum absolute atomic E-state index is 0.351. The Labute approximate surface area is 117 Å². The summed E-state index contributed by atoms with van der Waals surface area (Å²) in [5, 5.41) is 0.